The van der Waals surface area contributed by atoms with E-state index < -0.39 is 0 Å². The highest BCUT2D eigenvalue weighted by atomic mass is 32.1. The van der Waals surface area contributed by atoms with Crippen LogP contribution >= 0.6 is 11.3 Å². The molecule has 0 amide bonds. The van der Waals surface area contributed by atoms with Crippen LogP contribution in [0, 0.1) is 0 Å². The number of methoxy groups -OCH3 is 1. The quantitative estimate of drug-likeness (QED) is 0.665. The fourth-order valence-electron chi connectivity index (χ4n) is 2.15. The van der Waals surface area contributed by atoms with E-state index in [2.05, 4.69) is 47.3 Å². The number of thiophene rings is 1. The maximum absolute atomic E-state index is 5.39. The molecule has 17 heavy (non-hydrogen) atoms. The molecule has 0 aliphatic heterocycles. The van der Waals surface area contributed by atoms with Crippen molar-refractivity contribution in [1.29, 1.82) is 0 Å². The van der Waals surface area contributed by atoms with Crippen molar-refractivity contribution in [3.05, 3.63) is 41.8 Å². The van der Waals surface area contributed by atoms with Crippen molar-refractivity contribution in [1.82, 2.24) is 4.57 Å². The van der Waals surface area contributed by atoms with Crippen LogP contribution in [0.25, 0.3) is 21.5 Å². The topological polar surface area (TPSA) is 14.2 Å². The fraction of sp³-hybridized carbons (Fsp3) is 0.143. The monoisotopic (exact) mass is 243 g/mol. The minimum absolute atomic E-state index is 0.945. The van der Waals surface area contributed by atoms with Crippen molar-refractivity contribution >= 4 is 22.2 Å². The molecule has 2 heterocycles. The van der Waals surface area contributed by atoms with Gasteiger partial charge in [0, 0.05) is 18.0 Å². The summed E-state index contributed by atoms with van der Waals surface area (Å²) >= 11 is 1.71. The lowest BCUT2D eigenvalue weighted by Gasteiger charge is -2.04. The zero-order valence-electron chi connectivity index (χ0n) is 9.81. The summed E-state index contributed by atoms with van der Waals surface area (Å²) in [5.41, 5.74) is 2.45. The molecule has 3 aromatic rings. The number of para-hydroxylation sites is 1. The van der Waals surface area contributed by atoms with Crippen molar-refractivity contribution in [2.75, 3.05) is 7.11 Å². The number of nitrogens with zero attached hydrogens (tertiary/aromatic N) is 1. The zero-order chi connectivity index (χ0) is 11.8. The van der Waals surface area contributed by atoms with Crippen molar-refractivity contribution in [2.24, 2.45) is 7.05 Å². The van der Waals surface area contributed by atoms with Crippen LogP contribution in [0.4, 0.5) is 0 Å². The fourth-order valence-corrected chi connectivity index (χ4v) is 3.06. The van der Waals surface area contributed by atoms with Gasteiger partial charge < -0.3 is 9.30 Å². The SMILES string of the molecule is COc1ccsc1-c1cc2ccccc2n1C. The van der Waals surface area contributed by atoms with Gasteiger partial charge in [-0.3, -0.25) is 0 Å². The first-order chi connectivity index (χ1) is 8.31. The molecule has 0 saturated carbocycles. The van der Waals surface area contributed by atoms with E-state index in [9.17, 15) is 0 Å². The number of aryl methyl sites for hydroxylation is 1. The summed E-state index contributed by atoms with van der Waals surface area (Å²) in [6.07, 6.45) is 0. The summed E-state index contributed by atoms with van der Waals surface area (Å²) in [7, 11) is 3.81. The summed E-state index contributed by atoms with van der Waals surface area (Å²) < 4.78 is 7.60. The van der Waals surface area contributed by atoms with Crippen LogP contribution in [0.3, 0.4) is 0 Å². The minimum Gasteiger partial charge on any atom is -0.495 e. The summed E-state index contributed by atoms with van der Waals surface area (Å²) in [4.78, 5) is 1.19. The standard InChI is InChI=1S/C14H13NOS/c1-15-11-6-4-3-5-10(11)9-12(15)14-13(16-2)7-8-17-14/h3-9H,1-2H3. The number of fused-ring (bicyclic) bond motifs is 1. The van der Waals surface area contributed by atoms with Gasteiger partial charge in [0.15, 0.2) is 0 Å². The third-order valence-electron chi connectivity index (χ3n) is 3.03. The van der Waals surface area contributed by atoms with Gasteiger partial charge in [-0.15, -0.1) is 11.3 Å². The van der Waals surface area contributed by atoms with Gasteiger partial charge >= 0.3 is 0 Å². The van der Waals surface area contributed by atoms with Crippen LogP contribution in [-0.2, 0) is 7.05 Å². The van der Waals surface area contributed by atoms with Crippen molar-refractivity contribution < 1.29 is 4.74 Å². The smallest absolute Gasteiger partial charge is 0.138 e. The molecule has 0 bridgehead atoms. The van der Waals surface area contributed by atoms with Gasteiger partial charge in [-0.25, -0.2) is 0 Å². The van der Waals surface area contributed by atoms with Crippen molar-refractivity contribution in [3.8, 4) is 16.3 Å². The summed E-state index contributed by atoms with van der Waals surface area (Å²) in [5.74, 6) is 0.945. The van der Waals surface area contributed by atoms with Gasteiger partial charge in [0.25, 0.3) is 0 Å². The Labute approximate surface area is 104 Å². The van der Waals surface area contributed by atoms with E-state index in [1.54, 1.807) is 18.4 Å². The number of benzene rings is 1. The molecule has 86 valence electrons. The first kappa shape index (κ1) is 10.4. The van der Waals surface area contributed by atoms with Crippen molar-refractivity contribution in [3.63, 3.8) is 0 Å². The summed E-state index contributed by atoms with van der Waals surface area (Å²) in [6, 6.07) is 12.6. The van der Waals surface area contributed by atoms with E-state index >= 15 is 0 Å². The molecular formula is C14H13NOS. The molecule has 3 heteroatoms. The van der Waals surface area contributed by atoms with Crippen LogP contribution < -0.4 is 4.74 Å². The highest BCUT2D eigenvalue weighted by Crippen LogP contribution is 2.37. The van der Waals surface area contributed by atoms with Gasteiger partial charge in [0.05, 0.1) is 17.7 Å². The summed E-state index contributed by atoms with van der Waals surface area (Å²) in [5, 5.41) is 3.33. The van der Waals surface area contributed by atoms with E-state index in [0.717, 1.165) is 5.75 Å². The lowest BCUT2D eigenvalue weighted by Crippen LogP contribution is -1.91. The largest absolute Gasteiger partial charge is 0.495 e. The average molecular weight is 243 g/mol. The Hall–Kier alpha value is -1.74. The van der Waals surface area contributed by atoms with E-state index in [-0.39, 0.29) is 0 Å². The molecule has 2 nitrogen and oxygen atoms in total. The molecule has 2 aromatic heterocycles. The molecule has 0 fully saturated rings. The molecule has 3 rings (SSSR count). The van der Waals surface area contributed by atoms with E-state index in [0.29, 0.717) is 0 Å². The van der Waals surface area contributed by atoms with Gasteiger partial charge in [-0.05, 0) is 23.6 Å². The second-order valence-corrected chi connectivity index (χ2v) is 4.88. The highest BCUT2D eigenvalue weighted by Gasteiger charge is 2.12. The molecule has 0 aliphatic carbocycles. The van der Waals surface area contributed by atoms with Crippen LogP contribution in [0.15, 0.2) is 41.8 Å². The number of rotatable bonds is 2. The average Bonchev–Trinajstić information content (AvgIpc) is 2.94. The molecule has 0 N–H and O–H groups in total. The Morgan fingerprint density at radius 3 is 2.76 bits per heavy atom. The van der Waals surface area contributed by atoms with Crippen LogP contribution in [0.2, 0.25) is 0 Å². The van der Waals surface area contributed by atoms with Gasteiger partial charge in [-0.2, -0.15) is 0 Å². The molecule has 0 saturated heterocycles. The predicted octanol–water partition coefficient (Wildman–Crippen LogP) is 3.92. The Morgan fingerprint density at radius 2 is 2.00 bits per heavy atom. The lowest BCUT2D eigenvalue weighted by molar-refractivity contribution is 0.418. The molecule has 0 unspecified atom stereocenters. The first-order valence-corrected chi connectivity index (χ1v) is 6.35. The molecular weight excluding hydrogens is 230 g/mol. The molecule has 0 aliphatic rings. The van der Waals surface area contributed by atoms with Gasteiger partial charge in [-0.1, -0.05) is 18.2 Å². The van der Waals surface area contributed by atoms with Gasteiger partial charge in [0.1, 0.15) is 5.75 Å². The summed E-state index contributed by atoms with van der Waals surface area (Å²) in [6.45, 7) is 0. The van der Waals surface area contributed by atoms with E-state index in [1.165, 1.54) is 21.5 Å². The van der Waals surface area contributed by atoms with E-state index in [4.69, 9.17) is 4.74 Å². The third-order valence-corrected chi connectivity index (χ3v) is 3.95. The minimum atomic E-state index is 0.945. The van der Waals surface area contributed by atoms with Crippen molar-refractivity contribution in [2.45, 2.75) is 0 Å². The first-order valence-electron chi connectivity index (χ1n) is 5.47. The third kappa shape index (κ3) is 1.54. The van der Waals surface area contributed by atoms with Crippen LogP contribution in [-0.4, -0.2) is 11.7 Å². The number of ether oxygens (including phenoxy) is 1. The maximum Gasteiger partial charge on any atom is 0.138 e. The Balaban J connectivity index is 2.27. The lowest BCUT2D eigenvalue weighted by atomic mass is 10.2. The Morgan fingerprint density at radius 1 is 1.18 bits per heavy atom. The maximum atomic E-state index is 5.39. The second kappa shape index (κ2) is 3.93. The van der Waals surface area contributed by atoms with E-state index in [1.807, 2.05) is 6.07 Å². The number of aromatic nitrogens is 1. The number of hydrogen-bond acceptors (Lipinski definition) is 2. The number of hydrogen-bond donors (Lipinski definition) is 0. The molecule has 0 spiro atoms. The predicted molar refractivity (Wildman–Crippen MR) is 72.8 cm³/mol. The van der Waals surface area contributed by atoms with Crippen LogP contribution in [0.5, 0.6) is 5.75 Å². The van der Waals surface area contributed by atoms with Crippen LogP contribution in [0.1, 0.15) is 0 Å². The van der Waals surface area contributed by atoms with Gasteiger partial charge in [0.2, 0.25) is 0 Å². The Kier molecular flexibility index (Phi) is 2.41. The zero-order valence-corrected chi connectivity index (χ0v) is 10.6. The molecule has 0 atom stereocenters. The highest BCUT2D eigenvalue weighted by molar-refractivity contribution is 7.14. The second-order valence-electron chi connectivity index (χ2n) is 3.97. The molecule has 1 aromatic carbocycles. The Bertz CT molecular complexity index is 666. The molecule has 0 radical (unpaired) electrons. The normalized spacial score (nSPS) is 10.9.